The van der Waals surface area contributed by atoms with Crippen LogP contribution in [0.3, 0.4) is 0 Å². The summed E-state index contributed by atoms with van der Waals surface area (Å²) in [6.07, 6.45) is 0. The maximum absolute atomic E-state index is 11.9. The highest BCUT2D eigenvalue weighted by atomic mass is 35.5. The Balaban J connectivity index is 1.55. The van der Waals surface area contributed by atoms with Gasteiger partial charge in [0.15, 0.2) is 11.5 Å². The summed E-state index contributed by atoms with van der Waals surface area (Å²) < 4.78 is 16.2. The lowest BCUT2D eigenvalue weighted by molar-refractivity contribution is 0.0944. The van der Waals surface area contributed by atoms with Crippen LogP contribution >= 0.6 is 11.6 Å². The number of rotatable bonds is 11. The summed E-state index contributed by atoms with van der Waals surface area (Å²) in [6.45, 7) is 6.25. The number of aryl methyl sites for hydroxylation is 1. The molecule has 0 radical (unpaired) electrons. The number of hydrogen-bond acceptors (Lipinski definition) is 8. The first-order chi connectivity index (χ1) is 15.5. The van der Waals surface area contributed by atoms with Gasteiger partial charge >= 0.3 is 0 Å². The van der Waals surface area contributed by atoms with E-state index >= 15 is 0 Å². The summed E-state index contributed by atoms with van der Waals surface area (Å²) in [5.74, 6) is 0.625. The molecular formula is C22H26ClN5O4. The summed E-state index contributed by atoms with van der Waals surface area (Å²) in [7, 11) is 0. The molecule has 0 unspecified atom stereocenters. The second kappa shape index (κ2) is 11.4. The fourth-order valence-electron chi connectivity index (χ4n) is 2.98. The van der Waals surface area contributed by atoms with E-state index in [2.05, 4.69) is 25.6 Å². The zero-order valence-electron chi connectivity index (χ0n) is 18.0. The average Bonchev–Trinajstić information content (AvgIpc) is 3.20. The minimum Gasteiger partial charge on any atom is -0.490 e. The van der Waals surface area contributed by atoms with Crippen molar-refractivity contribution in [1.29, 1.82) is 0 Å². The van der Waals surface area contributed by atoms with E-state index in [1.165, 1.54) is 0 Å². The van der Waals surface area contributed by atoms with Crippen molar-refractivity contribution in [3.8, 4) is 11.5 Å². The van der Waals surface area contributed by atoms with E-state index in [1.54, 1.807) is 0 Å². The first-order valence-electron chi connectivity index (χ1n) is 10.2. The summed E-state index contributed by atoms with van der Waals surface area (Å²) in [5, 5.41) is 13.2. The number of amides is 1. The van der Waals surface area contributed by atoms with Gasteiger partial charge in [-0.25, -0.2) is 4.63 Å². The van der Waals surface area contributed by atoms with Crippen LogP contribution in [0.2, 0.25) is 5.02 Å². The molecule has 32 heavy (non-hydrogen) atoms. The quantitative estimate of drug-likeness (QED) is 0.373. The van der Waals surface area contributed by atoms with Gasteiger partial charge in [0.25, 0.3) is 5.91 Å². The van der Waals surface area contributed by atoms with Crippen LogP contribution in [-0.2, 0) is 13.2 Å². The Hall–Kier alpha value is -3.30. The van der Waals surface area contributed by atoms with Crippen molar-refractivity contribution in [2.24, 2.45) is 0 Å². The van der Waals surface area contributed by atoms with Crippen molar-refractivity contribution < 1.29 is 18.9 Å². The number of benzene rings is 2. The number of carbonyl (C=O) groups is 1. The molecule has 0 aliphatic carbocycles. The highest BCUT2D eigenvalue weighted by Gasteiger charge is 2.15. The summed E-state index contributed by atoms with van der Waals surface area (Å²) >= 11 is 6.51. The van der Waals surface area contributed by atoms with Crippen molar-refractivity contribution in [1.82, 2.24) is 20.9 Å². The van der Waals surface area contributed by atoms with Crippen LogP contribution in [0.5, 0.6) is 11.5 Å². The number of hydrogen-bond donors (Lipinski definition) is 3. The predicted molar refractivity (Wildman–Crippen MR) is 121 cm³/mol. The molecule has 0 atom stereocenters. The zero-order chi connectivity index (χ0) is 22.9. The number of aromatic nitrogens is 2. The van der Waals surface area contributed by atoms with Crippen LogP contribution in [0.15, 0.2) is 41.0 Å². The second-order valence-electron chi connectivity index (χ2n) is 6.98. The first-order valence-corrected chi connectivity index (χ1v) is 10.6. The van der Waals surface area contributed by atoms with E-state index in [0.29, 0.717) is 49.4 Å². The topological polar surface area (TPSA) is 125 Å². The van der Waals surface area contributed by atoms with Gasteiger partial charge in [-0.3, -0.25) is 4.79 Å². The first kappa shape index (κ1) is 23.4. The summed E-state index contributed by atoms with van der Waals surface area (Å²) in [4.78, 5) is 11.9. The molecule has 0 saturated heterocycles. The lowest BCUT2D eigenvalue weighted by atomic mass is 10.1. The Morgan fingerprint density at radius 2 is 2.00 bits per heavy atom. The van der Waals surface area contributed by atoms with Gasteiger partial charge in [0.05, 0.1) is 11.6 Å². The molecule has 0 aliphatic heterocycles. The Kier molecular flexibility index (Phi) is 8.29. The summed E-state index contributed by atoms with van der Waals surface area (Å²) in [5.41, 5.74) is 8.63. The molecule has 0 bridgehead atoms. The van der Waals surface area contributed by atoms with E-state index < -0.39 is 5.91 Å². The number of halogens is 1. The molecule has 2 aromatic carbocycles. The molecule has 4 N–H and O–H groups in total. The molecule has 1 aromatic heterocycles. The molecule has 170 valence electrons. The van der Waals surface area contributed by atoms with Crippen LogP contribution in [0.1, 0.15) is 34.1 Å². The van der Waals surface area contributed by atoms with Gasteiger partial charge < -0.3 is 25.8 Å². The van der Waals surface area contributed by atoms with Crippen molar-refractivity contribution in [2.75, 3.05) is 25.4 Å². The highest BCUT2D eigenvalue weighted by Crippen LogP contribution is 2.37. The molecule has 10 heteroatoms. The maximum atomic E-state index is 11.9. The Morgan fingerprint density at radius 3 is 2.72 bits per heavy atom. The third-order valence-corrected chi connectivity index (χ3v) is 4.93. The van der Waals surface area contributed by atoms with Gasteiger partial charge in [-0.1, -0.05) is 35.9 Å². The number of nitrogens with one attached hydrogen (secondary N) is 2. The van der Waals surface area contributed by atoms with Crippen LogP contribution in [0.4, 0.5) is 5.82 Å². The highest BCUT2D eigenvalue weighted by molar-refractivity contribution is 6.32. The molecule has 1 amide bonds. The average molecular weight is 460 g/mol. The van der Waals surface area contributed by atoms with Crippen LogP contribution in [-0.4, -0.2) is 35.9 Å². The van der Waals surface area contributed by atoms with E-state index in [0.717, 1.165) is 16.7 Å². The van der Waals surface area contributed by atoms with Gasteiger partial charge in [-0.2, -0.15) is 0 Å². The predicted octanol–water partition coefficient (Wildman–Crippen LogP) is 3.11. The SMILES string of the molecule is CCOc1cc(CNCCNC(=O)c2nonc2N)cc(Cl)c1OCc1ccccc1C. The number of nitrogens with two attached hydrogens (primary N) is 1. The number of nitrogen functional groups attached to an aromatic ring is 1. The van der Waals surface area contributed by atoms with Crippen LogP contribution < -0.4 is 25.8 Å². The third kappa shape index (κ3) is 6.12. The molecule has 0 saturated carbocycles. The number of nitrogens with zero attached hydrogens (tertiary/aromatic N) is 2. The summed E-state index contributed by atoms with van der Waals surface area (Å²) in [6, 6.07) is 11.8. The monoisotopic (exact) mass is 459 g/mol. The van der Waals surface area contributed by atoms with Gasteiger partial charge in [0.2, 0.25) is 11.5 Å². The Morgan fingerprint density at radius 1 is 1.19 bits per heavy atom. The van der Waals surface area contributed by atoms with E-state index in [1.807, 2.05) is 50.2 Å². The molecule has 1 heterocycles. The van der Waals surface area contributed by atoms with E-state index in [-0.39, 0.29) is 11.5 Å². The standard InChI is InChI=1S/C22H26ClN5O4/c1-3-30-18-11-15(12-25-8-9-26-22(29)19-21(24)28-32-27-19)10-17(23)20(18)31-13-16-7-5-4-6-14(16)2/h4-7,10-11,25H,3,8-9,12-13H2,1-2H3,(H2,24,28)(H,26,29). The molecule has 0 spiro atoms. The molecule has 3 rings (SSSR count). The second-order valence-corrected chi connectivity index (χ2v) is 7.39. The lowest BCUT2D eigenvalue weighted by Gasteiger charge is -2.16. The van der Waals surface area contributed by atoms with Gasteiger partial charge in [0, 0.05) is 19.6 Å². The number of ether oxygens (including phenoxy) is 2. The van der Waals surface area contributed by atoms with Crippen molar-refractivity contribution in [2.45, 2.75) is 27.0 Å². The van der Waals surface area contributed by atoms with Crippen molar-refractivity contribution in [3.63, 3.8) is 0 Å². The largest absolute Gasteiger partial charge is 0.490 e. The molecule has 0 aliphatic rings. The Labute approximate surface area is 191 Å². The molecule has 0 fully saturated rings. The number of anilines is 1. The normalized spacial score (nSPS) is 10.7. The smallest absolute Gasteiger partial charge is 0.277 e. The van der Waals surface area contributed by atoms with Gasteiger partial charge in [0.1, 0.15) is 6.61 Å². The number of carbonyl (C=O) groups excluding carboxylic acids is 1. The van der Waals surface area contributed by atoms with Crippen molar-refractivity contribution in [3.05, 3.63) is 63.8 Å². The lowest BCUT2D eigenvalue weighted by Crippen LogP contribution is -2.32. The van der Waals surface area contributed by atoms with E-state index in [9.17, 15) is 4.79 Å². The van der Waals surface area contributed by atoms with Gasteiger partial charge in [-0.15, -0.1) is 0 Å². The third-order valence-electron chi connectivity index (χ3n) is 4.65. The van der Waals surface area contributed by atoms with Crippen molar-refractivity contribution >= 4 is 23.3 Å². The molecular weight excluding hydrogens is 434 g/mol. The Bertz CT molecular complexity index is 1060. The molecule has 3 aromatic rings. The molecule has 9 nitrogen and oxygen atoms in total. The fourth-order valence-corrected chi connectivity index (χ4v) is 3.27. The minimum atomic E-state index is -0.442. The minimum absolute atomic E-state index is 0.0283. The zero-order valence-corrected chi connectivity index (χ0v) is 18.7. The van der Waals surface area contributed by atoms with Crippen LogP contribution in [0.25, 0.3) is 0 Å². The van der Waals surface area contributed by atoms with Gasteiger partial charge in [-0.05, 0) is 53.0 Å². The van der Waals surface area contributed by atoms with Crippen LogP contribution in [0, 0.1) is 6.92 Å². The van der Waals surface area contributed by atoms with E-state index in [4.69, 9.17) is 26.8 Å². The fraction of sp³-hybridized carbons (Fsp3) is 0.318. The maximum Gasteiger partial charge on any atom is 0.277 e.